The molecule has 0 fully saturated rings. The van der Waals surface area contributed by atoms with Crippen LogP contribution in [0.3, 0.4) is 0 Å². The maximum atomic E-state index is 6.14. The standard InChI is InChI=1S/C31H39NO3/c1-5-24-9-11-31-28(18-24)19-25-7-6-8-26(17-25)21-32(13-14-34-15-16-35-31)22-29-20-27(23(2)3)10-12-30(29)33-4/h6-12,17-18,20,23H,5,13-16,19,21-22H2,1-4H3. The summed E-state index contributed by atoms with van der Waals surface area (Å²) in [6, 6.07) is 22.1. The number of benzene rings is 3. The van der Waals surface area contributed by atoms with E-state index < -0.39 is 0 Å². The summed E-state index contributed by atoms with van der Waals surface area (Å²) < 4.78 is 17.8. The van der Waals surface area contributed by atoms with Crippen LogP contribution >= 0.6 is 0 Å². The van der Waals surface area contributed by atoms with Crippen LogP contribution in [0, 0.1) is 0 Å². The molecule has 3 aromatic rings. The molecule has 0 saturated carbocycles. The Morgan fingerprint density at radius 1 is 0.943 bits per heavy atom. The number of hydrogen-bond acceptors (Lipinski definition) is 4. The fraction of sp³-hybridized carbons (Fsp3) is 0.419. The molecule has 186 valence electrons. The lowest BCUT2D eigenvalue weighted by molar-refractivity contribution is 0.0755. The van der Waals surface area contributed by atoms with Gasteiger partial charge in [-0.25, -0.2) is 0 Å². The number of hydrogen-bond donors (Lipinski definition) is 0. The van der Waals surface area contributed by atoms with Crippen molar-refractivity contribution in [1.82, 2.24) is 4.90 Å². The van der Waals surface area contributed by atoms with Gasteiger partial charge in [-0.05, 0) is 52.3 Å². The Morgan fingerprint density at radius 3 is 2.60 bits per heavy atom. The summed E-state index contributed by atoms with van der Waals surface area (Å²) in [6.45, 7) is 11.0. The van der Waals surface area contributed by atoms with E-state index in [2.05, 4.69) is 86.3 Å². The zero-order valence-corrected chi connectivity index (χ0v) is 21.7. The highest BCUT2D eigenvalue weighted by Gasteiger charge is 2.14. The number of aryl methyl sites for hydroxylation is 1. The molecule has 0 spiro atoms. The highest BCUT2D eigenvalue weighted by molar-refractivity contribution is 5.42. The monoisotopic (exact) mass is 473 g/mol. The van der Waals surface area contributed by atoms with Crippen molar-refractivity contribution in [2.45, 2.75) is 52.6 Å². The van der Waals surface area contributed by atoms with Crippen LogP contribution in [0.5, 0.6) is 11.5 Å². The van der Waals surface area contributed by atoms with E-state index >= 15 is 0 Å². The van der Waals surface area contributed by atoms with E-state index in [0.717, 1.165) is 44.0 Å². The molecule has 1 heterocycles. The maximum absolute atomic E-state index is 6.14. The van der Waals surface area contributed by atoms with Crippen LogP contribution in [0.4, 0.5) is 0 Å². The van der Waals surface area contributed by atoms with Crippen molar-refractivity contribution in [3.63, 3.8) is 0 Å². The average molecular weight is 474 g/mol. The van der Waals surface area contributed by atoms with E-state index in [1.165, 1.54) is 33.4 Å². The summed E-state index contributed by atoms with van der Waals surface area (Å²) in [6.07, 6.45) is 1.88. The second kappa shape index (κ2) is 12.2. The minimum Gasteiger partial charge on any atom is -0.496 e. The van der Waals surface area contributed by atoms with Crippen LogP contribution in [0.2, 0.25) is 0 Å². The summed E-state index contributed by atoms with van der Waals surface area (Å²) in [7, 11) is 1.76. The van der Waals surface area contributed by atoms with Crippen molar-refractivity contribution in [3.05, 3.63) is 94.0 Å². The molecule has 0 aromatic heterocycles. The van der Waals surface area contributed by atoms with Gasteiger partial charge < -0.3 is 14.2 Å². The lowest BCUT2D eigenvalue weighted by atomic mass is 9.99. The van der Waals surface area contributed by atoms with E-state index in [0.29, 0.717) is 25.7 Å². The Morgan fingerprint density at radius 2 is 1.80 bits per heavy atom. The van der Waals surface area contributed by atoms with E-state index in [9.17, 15) is 0 Å². The molecule has 0 aliphatic carbocycles. The molecule has 35 heavy (non-hydrogen) atoms. The lowest BCUT2D eigenvalue weighted by Crippen LogP contribution is -2.28. The van der Waals surface area contributed by atoms with Crippen molar-refractivity contribution in [3.8, 4) is 11.5 Å². The summed E-state index contributed by atoms with van der Waals surface area (Å²) in [4.78, 5) is 2.46. The first kappa shape index (κ1) is 25.3. The molecule has 4 heteroatoms. The van der Waals surface area contributed by atoms with Gasteiger partial charge in [0.25, 0.3) is 0 Å². The van der Waals surface area contributed by atoms with Crippen LogP contribution in [0.25, 0.3) is 0 Å². The normalized spacial score (nSPS) is 15.2. The zero-order valence-electron chi connectivity index (χ0n) is 21.7. The lowest BCUT2D eigenvalue weighted by Gasteiger charge is -2.25. The van der Waals surface area contributed by atoms with Crippen molar-refractivity contribution >= 4 is 0 Å². The van der Waals surface area contributed by atoms with Crippen molar-refractivity contribution in [2.24, 2.45) is 0 Å². The first-order valence-electron chi connectivity index (χ1n) is 12.8. The highest BCUT2D eigenvalue weighted by atomic mass is 16.5. The highest BCUT2D eigenvalue weighted by Crippen LogP contribution is 2.27. The Hall–Kier alpha value is -2.82. The van der Waals surface area contributed by atoms with E-state index in [1.54, 1.807) is 7.11 Å². The Kier molecular flexibility index (Phi) is 8.84. The minimum absolute atomic E-state index is 0.481. The molecule has 2 bridgehead atoms. The van der Waals surface area contributed by atoms with Crippen molar-refractivity contribution < 1.29 is 14.2 Å². The predicted octanol–water partition coefficient (Wildman–Crippen LogP) is 6.38. The van der Waals surface area contributed by atoms with Crippen LogP contribution in [0.15, 0.2) is 60.7 Å². The van der Waals surface area contributed by atoms with Crippen LogP contribution < -0.4 is 9.47 Å². The molecule has 4 rings (SSSR count). The SMILES string of the molecule is CCc1ccc2c(c1)Cc1cccc(c1)CN(Cc1cc(C(C)C)ccc1OC)CCOCCO2. The number of nitrogens with zero attached hydrogens (tertiary/aromatic N) is 1. The van der Waals surface area contributed by atoms with Gasteiger partial charge >= 0.3 is 0 Å². The number of rotatable bonds is 5. The van der Waals surface area contributed by atoms with Gasteiger partial charge in [-0.3, -0.25) is 4.90 Å². The quantitative estimate of drug-likeness (QED) is 0.430. The van der Waals surface area contributed by atoms with Crippen molar-refractivity contribution in [2.75, 3.05) is 33.5 Å². The molecular formula is C31H39NO3. The Labute approximate surface area is 210 Å². The molecule has 0 N–H and O–H groups in total. The summed E-state index contributed by atoms with van der Waals surface area (Å²) >= 11 is 0. The molecule has 0 unspecified atom stereocenters. The molecule has 3 aromatic carbocycles. The third-order valence-corrected chi connectivity index (χ3v) is 6.73. The van der Waals surface area contributed by atoms with Gasteiger partial charge in [0.15, 0.2) is 0 Å². The van der Waals surface area contributed by atoms with Gasteiger partial charge in [0, 0.05) is 31.6 Å². The van der Waals surface area contributed by atoms with Gasteiger partial charge in [0.05, 0.1) is 20.3 Å². The van der Waals surface area contributed by atoms with Crippen LogP contribution in [0.1, 0.15) is 60.1 Å². The smallest absolute Gasteiger partial charge is 0.123 e. The number of ether oxygens (including phenoxy) is 3. The summed E-state index contributed by atoms with van der Waals surface area (Å²) in [5.41, 5.74) is 7.76. The average Bonchev–Trinajstić information content (AvgIpc) is 2.86. The van der Waals surface area contributed by atoms with Gasteiger partial charge in [-0.15, -0.1) is 0 Å². The molecule has 0 amide bonds. The van der Waals surface area contributed by atoms with Crippen LogP contribution in [-0.2, 0) is 30.7 Å². The van der Waals surface area contributed by atoms with E-state index in [1.807, 2.05) is 0 Å². The topological polar surface area (TPSA) is 30.9 Å². The summed E-state index contributed by atoms with van der Waals surface area (Å²) in [5.74, 6) is 2.39. The molecule has 1 aliphatic rings. The van der Waals surface area contributed by atoms with Crippen molar-refractivity contribution in [1.29, 1.82) is 0 Å². The summed E-state index contributed by atoms with van der Waals surface area (Å²) in [5, 5.41) is 0. The second-order valence-corrected chi connectivity index (χ2v) is 9.69. The maximum Gasteiger partial charge on any atom is 0.123 e. The molecule has 0 radical (unpaired) electrons. The third-order valence-electron chi connectivity index (χ3n) is 6.73. The number of methoxy groups -OCH3 is 1. The third kappa shape index (κ3) is 6.87. The predicted molar refractivity (Wildman–Crippen MR) is 143 cm³/mol. The molecule has 0 atom stereocenters. The zero-order chi connectivity index (χ0) is 24.6. The number of fused-ring (bicyclic) bond motifs is 3. The first-order valence-corrected chi connectivity index (χ1v) is 12.8. The van der Waals surface area contributed by atoms with Gasteiger partial charge in [0.2, 0.25) is 0 Å². The van der Waals surface area contributed by atoms with Gasteiger partial charge in [0.1, 0.15) is 18.1 Å². The molecule has 4 nitrogen and oxygen atoms in total. The van der Waals surface area contributed by atoms with Crippen LogP contribution in [-0.4, -0.2) is 38.4 Å². The molecular weight excluding hydrogens is 434 g/mol. The van der Waals surface area contributed by atoms with E-state index in [-0.39, 0.29) is 0 Å². The van der Waals surface area contributed by atoms with Gasteiger partial charge in [-0.1, -0.05) is 69.3 Å². The fourth-order valence-corrected chi connectivity index (χ4v) is 4.69. The van der Waals surface area contributed by atoms with E-state index in [4.69, 9.17) is 14.2 Å². The minimum atomic E-state index is 0.481. The largest absolute Gasteiger partial charge is 0.496 e. The second-order valence-electron chi connectivity index (χ2n) is 9.69. The fourth-order valence-electron chi connectivity index (χ4n) is 4.69. The first-order chi connectivity index (χ1) is 17.1. The Bertz CT molecular complexity index is 1110. The Balaban J connectivity index is 1.60. The van der Waals surface area contributed by atoms with Gasteiger partial charge in [-0.2, -0.15) is 0 Å². The molecule has 1 aliphatic heterocycles. The molecule has 0 saturated heterocycles.